The predicted molar refractivity (Wildman–Crippen MR) is 51.0 cm³/mol. The molecule has 0 aliphatic heterocycles. The van der Waals surface area contributed by atoms with Crippen molar-refractivity contribution in [3.63, 3.8) is 0 Å². The van der Waals surface area contributed by atoms with Gasteiger partial charge in [0.15, 0.2) is 0 Å². The average molecular weight is 190 g/mol. The lowest BCUT2D eigenvalue weighted by atomic mass is 10.1. The number of benzene rings is 1. The van der Waals surface area contributed by atoms with E-state index in [-0.39, 0.29) is 24.3 Å². The Kier molecular flexibility index (Phi) is 4.21. The molecule has 0 unspecified atom stereocenters. The third kappa shape index (κ3) is 2.47. The Labute approximate surface area is 78.2 Å². The molecule has 12 heavy (non-hydrogen) atoms. The van der Waals surface area contributed by atoms with Crippen LogP contribution in [0.3, 0.4) is 0 Å². The maximum absolute atomic E-state index is 13.0. The van der Waals surface area contributed by atoms with Crippen LogP contribution in [0.15, 0.2) is 18.2 Å². The van der Waals surface area contributed by atoms with E-state index in [0.717, 1.165) is 5.56 Å². The normalized spacial score (nSPS) is 12.0. The smallest absolute Gasteiger partial charge is 0.128 e. The largest absolute Gasteiger partial charge is 0.324 e. The molecule has 1 aromatic carbocycles. The Morgan fingerprint density at radius 3 is 2.42 bits per heavy atom. The lowest BCUT2D eigenvalue weighted by Gasteiger charge is -2.06. The first-order valence-electron chi connectivity index (χ1n) is 3.63. The van der Waals surface area contributed by atoms with Crippen molar-refractivity contribution in [3.05, 3.63) is 35.1 Å². The Balaban J connectivity index is 0.00000121. The van der Waals surface area contributed by atoms with Crippen LogP contribution in [-0.4, -0.2) is 0 Å². The molecular formula is C9H13ClFN. The van der Waals surface area contributed by atoms with Crippen molar-refractivity contribution >= 4 is 12.4 Å². The Hall–Kier alpha value is -0.600. The van der Waals surface area contributed by atoms with Gasteiger partial charge in [0, 0.05) is 11.6 Å². The van der Waals surface area contributed by atoms with Crippen molar-refractivity contribution in [3.8, 4) is 0 Å². The highest BCUT2D eigenvalue weighted by atomic mass is 35.5. The predicted octanol–water partition coefficient (Wildman–Crippen LogP) is 2.58. The van der Waals surface area contributed by atoms with Crippen LogP contribution in [0, 0.1) is 12.7 Å². The van der Waals surface area contributed by atoms with Gasteiger partial charge in [-0.1, -0.05) is 12.1 Å². The summed E-state index contributed by atoms with van der Waals surface area (Å²) in [6.45, 7) is 3.63. The highest BCUT2D eigenvalue weighted by molar-refractivity contribution is 5.85. The molecule has 0 spiro atoms. The maximum Gasteiger partial charge on any atom is 0.128 e. The van der Waals surface area contributed by atoms with Crippen LogP contribution >= 0.6 is 12.4 Å². The van der Waals surface area contributed by atoms with E-state index in [0.29, 0.717) is 5.56 Å². The second-order valence-electron chi connectivity index (χ2n) is 2.81. The first kappa shape index (κ1) is 11.4. The number of halogens is 2. The third-order valence-corrected chi connectivity index (χ3v) is 1.65. The lowest BCUT2D eigenvalue weighted by molar-refractivity contribution is 0.592. The van der Waals surface area contributed by atoms with Crippen LogP contribution in [0.2, 0.25) is 0 Å². The fourth-order valence-electron chi connectivity index (χ4n) is 1.00. The van der Waals surface area contributed by atoms with Gasteiger partial charge in [-0.25, -0.2) is 4.39 Å². The SMILES string of the molecule is Cc1ccc([C@@H](C)N)c(F)c1.Cl. The average Bonchev–Trinajstić information content (AvgIpc) is 1.85. The van der Waals surface area contributed by atoms with E-state index in [1.54, 1.807) is 13.0 Å². The summed E-state index contributed by atoms with van der Waals surface area (Å²) in [5.74, 6) is -0.208. The number of hydrogen-bond donors (Lipinski definition) is 1. The fourth-order valence-corrected chi connectivity index (χ4v) is 1.00. The minimum absolute atomic E-state index is 0. The third-order valence-electron chi connectivity index (χ3n) is 1.65. The molecule has 1 aromatic rings. The number of nitrogens with two attached hydrogens (primary N) is 1. The summed E-state index contributed by atoms with van der Waals surface area (Å²) in [6.07, 6.45) is 0. The van der Waals surface area contributed by atoms with Crippen LogP contribution in [0.1, 0.15) is 24.1 Å². The highest BCUT2D eigenvalue weighted by Crippen LogP contribution is 2.15. The molecule has 0 aromatic heterocycles. The van der Waals surface area contributed by atoms with Crippen molar-refractivity contribution in [1.29, 1.82) is 0 Å². The quantitative estimate of drug-likeness (QED) is 0.722. The molecule has 0 saturated carbocycles. The van der Waals surface area contributed by atoms with E-state index in [4.69, 9.17) is 5.73 Å². The van der Waals surface area contributed by atoms with Crippen molar-refractivity contribution < 1.29 is 4.39 Å². The van der Waals surface area contributed by atoms with Crippen molar-refractivity contribution in [1.82, 2.24) is 0 Å². The molecule has 0 heterocycles. The first-order valence-corrected chi connectivity index (χ1v) is 3.63. The molecule has 0 aliphatic carbocycles. The molecule has 0 fully saturated rings. The van der Waals surface area contributed by atoms with Crippen LogP contribution in [-0.2, 0) is 0 Å². The Bertz CT molecular complexity index is 261. The van der Waals surface area contributed by atoms with Crippen LogP contribution in [0.25, 0.3) is 0 Å². The maximum atomic E-state index is 13.0. The molecule has 0 saturated heterocycles. The zero-order valence-electron chi connectivity index (χ0n) is 7.17. The van der Waals surface area contributed by atoms with E-state index in [9.17, 15) is 4.39 Å². The van der Waals surface area contributed by atoms with E-state index in [1.165, 1.54) is 6.07 Å². The molecule has 0 radical (unpaired) electrons. The number of hydrogen-bond acceptors (Lipinski definition) is 1. The van der Waals surface area contributed by atoms with Gasteiger partial charge >= 0.3 is 0 Å². The summed E-state index contributed by atoms with van der Waals surface area (Å²) < 4.78 is 13.0. The summed E-state index contributed by atoms with van der Waals surface area (Å²) >= 11 is 0. The Morgan fingerprint density at radius 1 is 1.42 bits per heavy atom. The Morgan fingerprint density at radius 2 is 2.00 bits per heavy atom. The van der Waals surface area contributed by atoms with Gasteiger partial charge in [-0.05, 0) is 25.5 Å². The minimum atomic E-state index is -0.226. The molecule has 1 atom stereocenters. The van der Waals surface area contributed by atoms with Gasteiger partial charge in [-0.3, -0.25) is 0 Å². The highest BCUT2D eigenvalue weighted by Gasteiger charge is 2.05. The second-order valence-corrected chi connectivity index (χ2v) is 2.81. The summed E-state index contributed by atoms with van der Waals surface area (Å²) in [4.78, 5) is 0. The van der Waals surface area contributed by atoms with Gasteiger partial charge < -0.3 is 5.73 Å². The molecule has 2 N–H and O–H groups in total. The second kappa shape index (κ2) is 4.43. The zero-order chi connectivity index (χ0) is 8.43. The lowest BCUT2D eigenvalue weighted by Crippen LogP contribution is -2.07. The van der Waals surface area contributed by atoms with E-state index >= 15 is 0 Å². The molecule has 1 rings (SSSR count). The topological polar surface area (TPSA) is 26.0 Å². The monoisotopic (exact) mass is 189 g/mol. The van der Waals surface area contributed by atoms with Gasteiger partial charge in [0.2, 0.25) is 0 Å². The van der Waals surface area contributed by atoms with Crippen molar-refractivity contribution in [2.24, 2.45) is 5.73 Å². The van der Waals surface area contributed by atoms with Gasteiger partial charge in [-0.15, -0.1) is 12.4 Å². The van der Waals surface area contributed by atoms with Crippen LogP contribution < -0.4 is 5.73 Å². The minimum Gasteiger partial charge on any atom is -0.324 e. The molecule has 1 nitrogen and oxygen atoms in total. The fraction of sp³-hybridized carbons (Fsp3) is 0.333. The number of aryl methyl sites for hydroxylation is 1. The van der Waals surface area contributed by atoms with E-state index < -0.39 is 0 Å². The standard InChI is InChI=1S/C9H12FN.ClH/c1-6-3-4-8(7(2)11)9(10)5-6;/h3-5,7H,11H2,1-2H3;1H/t7-;/m1./s1. The van der Waals surface area contributed by atoms with Gasteiger partial charge in [0.1, 0.15) is 5.82 Å². The van der Waals surface area contributed by atoms with Gasteiger partial charge in [-0.2, -0.15) is 0 Å². The van der Waals surface area contributed by atoms with Gasteiger partial charge in [0.25, 0.3) is 0 Å². The molecule has 68 valence electrons. The number of rotatable bonds is 1. The summed E-state index contributed by atoms with van der Waals surface area (Å²) in [6, 6.07) is 4.87. The summed E-state index contributed by atoms with van der Waals surface area (Å²) in [7, 11) is 0. The zero-order valence-corrected chi connectivity index (χ0v) is 7.99. The molecule has 0 aliphatic rings. The molecule has 3 heteroatoms. The van der Waals surface area contributed by atoms with Crippen molar-refractivity contribution in [2.45, 2.75) is 19.9 Å². The first-order chi connectivity index (χ1) is 5.11. The van der Waals surface area contributed by atoms with Gasteiger partial charge in [0.05, 0.1) is 0 Å². The summed E-state index contributed by atoms with van der Waals surface area (Å²) in [5, 5.41) is 0. The van der Waals surface area contributed by atoms with E-state index in [1.807, 2.05) is 13.0 Å². The van der Waals surface area contributed by atoms with E-state index in [2.05, 4.69) is 0 Å². The summed E-state index contributed by atoms with van der Waals surface area (Å²) in [5.41, 5.74) is 7.03. The van der Waals surface area contributed by atoms with Crippen LogP contribution in [0.5, 0.6) is 0 Å². The van der Waals surface area contributed by atoms with Crippen LogP contribution in [0.4, 0.5) is 4.39 Å². The molecule has 0 amide bonds. The molecular weight excluding hydrogens is 177 g/mol. The van der Waals surface area contributed by atoms with Crippen molar-refractivity contribution in [2.75, 3.05) is 0 Å². The molecule has 0 bridgehead atoms.